The van der Waals surface area contributed by atoms with Crippen LogP contribution < -0.4 is 5.73 Å². The van der Waals surface area contributed by atoms with Gasteiger partial charge in [-0.05, 0) is 12.3 Å². The molecule has 0 aliphatic heterocycles. The van der Waals surface area contributed by atoms with Gasteiger partial charge in [0.2, 0.25) is 5.91 Å². The van der Waals surface area contributed by atoms with E-state index in [-0.39, 0.29) is 11.8 Å². The highest BCUT2D eigenvalue weighted by Crippen LogP contribution is 2.37. The second-order valence-electron chi connectivity index (χ2n) is 2.46. The van der Waals surface area contributed by atoms with Crippen LogP contribution in [0.1, 0.15) is 6.42 Å². The Kier molecular flexibility index (Phi) is 1.71. The average molecular weight is 129 g/mol. The summed E-state index contributed by atoms with van der Waals surface area (Å²) < 4.78 is 4.84. The monoisotopic (exact) mass is 129 g/mol. The number of amides is 1. The first kappa shape index (κ1) is 6.55. The minimum atomic E-state index is -0.183. The second kappa shape index (κ2) is 2.35. The summed E-state index contributed by atoms with van der Waals surface area (Å²) in [6.07, 6.45) is 0.920. The van der Waals surface area contributed by atoms with Crippen molar-refractivity contribution in [2.24, 2.45) is 17.6 Å². The van der Waals surface area contributed by atoms with Gasteiger partial charge in [-0.2, -0.15) is 0 Å². The molecule has 1 aliphatic rings. The summed E-state index contributed by atoms with van der Waals surface area (Å²) in [6.45, 7) is 0.674. The van der Waals surface area contributed by atoms with Crippen molar-refractivity contribution < 1.29 is 9.53 Å². The van der Waals surface area contributed by atoms with Crippen LogP contribution in [0, 0.1) is 11.8 Å². The molecule has 2 atom stereocenters. The number of hydrogen-bond donors (Lipinski definition) is 1. The van der Waals surface area contributed by atoms with E-state index in [1.54, 1.807) is 7.11 Å². The fourth-order valence-electron chi connectivity index (χ4n) is 0.994. The Morgan fingerprint density at radius 3 is 2.89 bits per heavy atom. The molecule has 2 unspecified atom stereocenters. The molecule has 9 heavy (non-hydrogen) atoms. The smallest absolute Gasteiger partial charge is 0.220 e. The molecule has 2 N–H and O–H groups in total. The SMILES string of the molecule is COCC1CC1C(N)=O. The summed E-state index contributed by atoms with van der Waals surface area (Å²) in [4.78, 5) is 10.4. The quantitative estimate of drug-likeness (QED) is 0.571. The predicted octanol–water partition coefficient (Wildman–Crippen LogP) is -0.246. The average Bonchev–Trinajstić information content (AvgIpc) is 2.47. The molecule has 3 heteroatoms. The minimum Gasteiger partial charge on any atom is -0.384 e. The van der Waals surface area contributed by atoms with Crippen LogP contribution in [-0.2, 0) is 9.53 Å². The lowest BCUT2D eigenvalue weighted by Crippen LogP contribution is -2.14. The molecule has 0 aromatic heterocycles. The normalized spacial score (nSPS) is 32.1. The van der Waals surface area contributed by atoms with Crippen molar-refractivity contribution in [2.45, 2.75) is 6.42 Å². The third-order valence-electron chi connectivity index (χ3n) is 1.67. The number of primary amides is 1. The summed E-state index contributed by atoms with van der Waals surface area (Å²) in [6, 6.07) is 0. The number of hydrogen-bond acceptors (Lipinski definition) is 2. The third-order valence-corrected chi connectivity index (χ3v) is 1.67. The number of carbonyl (C=O) groups is 1. The van der Waals surface area contributed by atoms with Crippen molar-refractivity contribution in [3.8, 4) is 0 Å². The maximum Gasteiger partial charge on any atom is 0.220 e. The molecule has 52 valence electrons. The summed E-state index contributed by atoms with van der Waals surface area (Å²) >= 11 is 0. The van der Waals surface area contributed by atoms with Crippen LogP contribution in [0.5, 0.6) is 0 Å². The van der Waals surface area contributed by atoms with E-state index in [1.807, 2.05) is 0 Å². The first-order chi connectivity index (χ1) is 4.25. The molecule has 0 saturated heterocycles. The van der Waals surface area contributed by atoms with Gasteiger partial charge in [-0.3, -0.25) is 4.79 Å². The zero-order valence-electron chi connectivity index (χ0n) is 5.46. The van der Waals surface area contributed by atoms with Crippen LogP contribution in [0.25, 0.3) is 0 Å². The Hall–Kier alpha value is -0.570. The van der Waals surface area contributed by atoms with E-state index in [1.165, 1.54) is 0 Å². The molecule has 1 saturated carbocycles. The number of ether oxygens (including phenoxy) is 1. The van der Waals surface area contributed by atoms with Crippen LogP contribution in [0.15, 0.2) is 0 Å². The van der Waals surface area contributed by atoms with Gasteiger partial charge in [-0.1, -0.05) is 0 Å². The molecule has 0 heterocycles. The van der Waals surface area contributed by atoms with Crippen molar-refractivity contribution in [3.05, 3.63) is 0 Å². The molecule has 1 fully saturated rings. The van der Waals surface area contributed by atoms with E-state index in [0.29, 0.717) is 12.5 Å². The van der Waals surface area contributed by atoms with E-state index in [4.69, 9.17) is 10.5 Å². The fourth-order valence-corrected chi connectivity index (χ4v) is 0.994. The topological polar surface area (TPSA) is 52.3 Å². The number of nitrogens with two attached hydrogens (primary N) is 1. The molecule has 0 spiro atoms. The van der Waals surface area contributed by atoms with Crippen molar-refractivity contribution >= 4 is 5.91 Å². The van der Waals surface area contributed by atoms with E-state index >= 15 is 0 Å². The molecule has 1 rings (SSSR count). The van der Waals surface area contributed by atoms with Gasteiger partial charge in [0.25, 0.3) is 0 Å². The maximum absolute atomic E-state index is 10.4. The first-order valence-corrected chi connectivity index (χ1v) is 3.04. The predicted molar refractivity (Wildman–Crippen MR) is 32.7 cm³/mol. The minimum absolute atomic E-state index is 0.102. The second-order valence-corrected chi connectivity index (χ2v) is 2.46. The third kappa shape index (κ3) is 1.42. The van der Waals surface area contributed by atoms with E-state index in [2.05, 4.69) is 0 Å². The highest BCUT2D eigenvalue weighted by Gasteiger charge is 2.41. The van der Waals surface area contributed by atoms with Gasteiger partial charge >= 0.3 is 0 Å². The molecular formula is C6H11NO2. The molecule has 0 radical (unpaired) electrons. The Labute approximate surface area is 54.2 Å². The van der Waals surface area contributed by atoms with Crippen LogP contribution >= 0.6 is 0 Å². The summed E-state index contributed by atoms with van der Waals surface area (Å²) in [5.41, 5.74) is 5.02. The van der Waals surface area contributed by atoms with E-state index in [9.17, 15) is 4.79 Å². The Bertz CT molecular complexity index is 124. The van der Waals surface area contributed by atoms with E-state index < -0.39 is 0 Å². The van der Waals surface area contributed by atoms with Gasteiger partial charge in [0, 0.05) is 19.6 Å². The first-order valence-electron chi connectivity index (χ1n) is 3.04. The molecule has 1 aliphatic carbocycles. The van der Waals surface area contributed by atoms with Crippen molar-refractivity contribution in [1.82, 2.24) is 0 Å². The van der Waals surface area contributed by atoms with Crippen LogP contribution in [-0.4, -0.2) is 19.6 Å². The zero-order chi connectivity index (χ0) is 6.85. The lowest BCUT2D eigenvalue weighted by Gasteiger charge is -1.92. The lowest BCUT2D eigenvalue weighted by molar-refractivity contribution is -0.119. The van der Waals surface area contributed by atoms with Crippen LogP contribution in [0.3, 0.4) is 0 Å². The van der Waals surface area contributed by atoms with Gasteiger partial charge in [0.1, 0.15) is 0 Å². The summed E-state index contributed by atoms with van der Waals surface area (Å²) in [5, 5.41) is 0. The molecule has 0 aromatic rings. The lowest BCUT2D eigenvalue weighted by atomic mass is 10.3. The van der Waals surface area contributed by atoms with Gasteiger partial charge in [-0.15, -0.1) is 0 Å². The molecular weight excluding hydrogens is 118 g/mol. The fraction of sp³-hybridized carbons (Fsp3) is 0.833. The Balaban J connectivity index is 2.17. The molecule has 0 aromatic carbocycles. The van der Waals surface area contributed by atoms with Crippen molar-refractivity contribution in [3.63, 3.8) is 0 Å². The van der Waals surface area contributed by atoms with Crippen molar-refractivity contribution in [1.29, 1.82) is 0 Å². The number of rotatable bonds is 3. The summed E-state index contributed by atoms with van der Waals surface area (Å²) in [7, 11) is 1.64. The molecule has 1 amide bonds. The van der Waals surface area contributed by atoms with Gasteiger partial charge in [0.05, 0.1) is 0 Å². The maximum atomic E-state index is 10.4. The highest BCUT2D eigenvalue weighted by atomic mass is 16.5. The van der Waals surface area contributed by atoms with Gasteiger partial charge in [0.15, 0.2) is 0 Å². The molecule has 3 nitrogen and oxygen atoms in total. The van der Waals surface area contributed by atoms with Gasteiger partial charge in [-0.25, -0.2) is 0 Å². The van der Waals surface area contributed by atoms with Gasteiger partial charge < -0.3 is 10.5 Å². The Morgan fingerprint density at radius 1 is 1.89 bits per heavy atom. The number of carbonyl (C=O) groups excluding carboxylic acids is 1. The molecule has 0 bridgehead atoms. The largest absolute Gasteiger partial charge is 0.384 e. The van der Waals surface area contributed by atoms with Crippen LogP contribution in [0.4, 0.5) is 0 Å². The van der Waals surface area contributed by atoms with Crippen molar-refractivity contribution in [2.75, 3.05) is 13.7 Å². The summed E-state index contributed by atoms with van der Waals surface area (Å²) in [5.74, 6) is 0.328. The standard InChI is InChI=1S/C6H11NO2/c1-9-3-4-2-5(4)6(7)8/h4-5H,2-3H2,1H3,(H2,7,8). The van der Waals surface area contributed by atoms with Crippen LogP contribution in [0.2, 0.25) is 0 Å². The van der Waals surface area contributed by atoms with E-state index in [0.717, 1.165) is 6.42 Å². The Morgan fingerprint density at radius 2 is 2.56 bits per heavy atom. The zero-order valence-corrected chi connectivity index (χ0v) is 5.46. The number of methoxy groups -OCH3 is 1. The highest BCUT2D eigenvalue weighted by molar-refractivity contribution is 5.79.